The van der Waals surface area contributed by atoms with Gasteiger partial charge < -0.3 is 5.11 Å². The zero-order valence-corrected chi connectivity index (χ0v) is 30.3. The van der Waals surface area contributed by atoms with E-state index in [1.165, 1.54) is 9.80 Å². The molecule has 9 nitrogen and oxygen atoms in total. The van der Waals surface area contributed by atoms with Crippen LogP contribution in [0.5, 0.6) is 5.75 Å². The van der Waals surface area contributed by atoms with Crippen LogP contribution in [0.4, 0.5) is 5.82 Å². The molecule has 5 aromatic rings. The maximum absolute atomic E-state index is 15.0. The first kappa shape index (κ1) is 32.8. The number of aromatic nitrogens is 2. The van der Waals surface area contributed by atoms with Crippen molar-refractivity contribution in [2.24, 2.45) is 36.1 Å². The van der Waals surface area contributed by atoms with Crippen molar-refractivity contribution in [2.45, 2.75) is 39.2 Å². The molecule has 3 aromatic carbocycles. The Labute approximate surface area is 309 Å². The molecule has 52 heavy (non-hydrogen) atoms. The summed E-state index contributed by atoms with van der Waals surface area (Å²) >= 11 is 7.88. The summed E-state index contributed by atoms with van der Waals surface area (Å²) < 4.78 is 2.64. The minimum absolute atomic E-state index is 0.0418. The van der Waals surface area contributed by atoms with Gasteiger partial charge in [0.2, 0.25) is 23.6 Å². The van der Waals surface area contributed by atoms with Crippen molar-refractivity contribution in [1.82, 2.24) is 14.7 Å². The van der Waals surface area contributed by atoms with Gasteiger partial charge in [-0.2, -0.15) is 5.10 Å². The molecule has 3 fully saturated rings. The number of aromatic hydroxyl groups is 1. The molecule has 2 aliphatic carbocycles. The molecule has 1 saturated carbocycles. The maximum atomic E-state index is 15.0. The van der Waals surface area contributed by atoms with Gasteiger partial charge in [0.1, 0.15) is 17.3 Å². The number of nitrogens with zero attached hydrogens (tertiary/aromatic N) is 4. The Hall–Kier alpha value is -5.06. The van der Waals surface area contributed by atoms with E-state index in [9.17, 15) is 24.3 Å². The first-order chi connectivity index (χ1) is 25.0. The van der Waals surface area contributed by atoms with E-state index in [0.29, 0.717) is 28.5 Å². The molecule has 0 unspecified atom stereocenters. The Morgan fingerprint density at radius 2 is 1.73 bits per heavy atom. The van der Waals surface area contributed by atoms with Crippen LogP contribution in [0.3, 0.4) is 0 Å². The third kappa shape index (κ3) is 4.63. The third-order valence-electron chi connectivity index (χ3n) is 12.0. The molecule has 2 aliphatic heterocycles. The van der Waals surface area contributed by atoms with Gasteiger partial charge in [-0.15, -0.1) is 11.3 Å². The van der Waals surface area contributed by atoms with Gasteiger partial charge in [0, 0.05) is 28.8 Å². The minimum atomic E-state index is -1.23. The van der Waals surface area contributed by atoms with Crippen molar-refractivity contribution in [2.75, 3.05) is 4.90 Å². The normalized spacial score (nSPS) is 26.9. The van der Waals surface area contributed by atoms with Crippen molar-refractivity contribution in [1.29, 1.82) is 0 Å². The number of carbonyl (C=O) groups excluding carboxylic acids is 4. The fraction of sp³-hybridized carbons (Fsp3) is 0.293. The van der Waals surface area contributed by atoms with Crippen LogP contribution >= 0.6 is 22.9 Å². The van der Waals surface area contributed by atoms with Crippen molar-refractivity contribution in [3.63, 3.8) is 0 Å². The first-order valence-corrected chi connectivity index (χ1v) is 18.7. The summed E-state index contributed by atoms with van der Waals surface area (Å²) in [5.74, 6) is -3.77. The standard InChI is InChI=1S/C41H35ClN4O5S/c1-21-28-17-24(42)12-15-32(28)52-36(21)31-19-33(44(3)43-31)46-38(49)30-18-29-26(35(41(30,2)40(46)51)23-10-7-11-25(47)16-23)13-14-27-34(29)39(50)45(37(27)48)20-22-8-5-4-6-9-22/h4-13,15-17,19,27,29-30,34-35,47H,14,18,20H2,1-3H3/t27-,29+,30-,34-,35-,41+/m0/s1. The number of likely N-dealkylation sites (tertiary alicyclic amines) is 1. The molecule has 9 rings (SSSR count). The van der Waals surface area contributed by atoms with E-state index in [0.717, 1.165) is 31.7 Å². The van der Waals surface area contributed by atoms with Crippen molar-refractivity contribution >= 4 is 62.5 Å². The summed E-state index contributed by atoms with van der Waals surface area (Å²) in [4.78, 5) is 61.4. The summed E-state index contributed by atoms with van der Waals surface area (Å²) in [5.41, 5.74) is 2.85. The molecule has 4 heterocycles. The highest BCUT2D eigenvalue weighted by Gasteiger charge is 2.68. The lowest BCUT2D eigenvalue weighted by atomic mass is 9.51. The molecular formula is C41H35ClN4O5S. The van der Waals surface area contributed by atoms with Crippen LogP contribution in [0.25, 0.3) is 20.7 Å². The number of aryl methyl sites for hydroxylation is 2. The Bertz CT molecular complexity index is 2400. The van der Waals surface area contributed by atoms with Crippen LogP contribution in [0, 0.1) is 36.0 Å². The number of hydrogen-bond donors (Lipinski definition) is 1. The second kappa shape index (κ2) is 11.7. The van der Waals surface area contributed by atoms with Gasteiger partial charge in [-0.3, -0.25) is 28.8 Å². The summed E-state index contributed by atoms with van der Waals surface area (Å²) in [6, 6.07) is 23.8. The van der Waals surface area contributed by atoms with Gasteiger partial charge in [-0.25, -0.2) is 4.90 Å². The number of fused-ring (bicyclic) bond motifs is 5. The van der Waals surface area contributed by atoms with E-state index in [1.54, 1.807) is 47.3 Å². The summed E-state index contributed by atoms with van der Waals surface area (Å²) in [5, 5.41) is 17.1. The van der Waals surface area contributed by atoms with Crippen LogP contribution in [0.15, 0.2) is 90.5 Å². The number of phenolic OH excluding ortho intramolecular Hbond substituents is 1. The summed E-state index contributed by atoms with van der Waals surface area (Å²) in [6.45, 7) is 4.04. The fourth-order valence-corrected chi connectivity index (χ4v) is 10.8. The van der Waals surface area contributed by atoms with E-state index in [1.807, 2.05) is 74.5 Å². The van der Waals surface area contributed by atoms with Crippen LogP contribution in [0.2, 0.25) is 5.02 Å². The number of carbonyl (C=O) groups is 4. The van der Waals surface area contributed by atoms with Gasteiger partial charge in [0.05, 0.1) is 34.6 Å². The number of phenols is 1. The monoisotopic (exact) mass is 730 g/mol. The Balaban J connectivity index is 1.13. The molecule has 2 aromatic heterocycles. The number of allylic oxidation sites excluding steroid dienone is 2. The number of anilines is 1. The van der Waals surface area contributed by atoms with Crippen molar-refractivity contribution in [3.8, 4) is 16.3 Å². The van der Waals surface area contributed by atoms with Crippen LogP contribution in [-0.4, -0.2) is 43.4 Å². The molecule has 2 saturated heterocycles. The lowest BCUT2D eigenvalue weighted by molar-refractivity contribution is -0.141. The van der Waals surface area contributed by atoms with E-state index in [-0.39, 0.29) is 42.3 Å². The number of rotatable bonds is 5. The Kier molecular flexibility index (Phi) is 7.40. The zero-order valence-electron chi connectivity index (χ0n) is 28.7. The summed E-state index contributed by atoms with van der Waals surface area (Å²) in [7, 11) is 1.73. The fourth-order valence-electron chi connectivity index (χ4n) is 9.52. The highest BCUT2D eigenvalue weighted by atomic mass is 35.5. The molecule has 4 amide bonds. The van der Waals surface area contributed by atoms with Gasteiger partial charge in [-0.05, 0) is 85.0 Å². The van der Waals surface area contributed by atoms with E-state index < -0.39 is 35.0 Å². The predicted octanol–water partition coefficient (Wildman–Crippen LogP) is 7.40. The lowest BCUT2D eigenvalue weighted by Crippen LogP contribution is -2.48. The second-order valence-electron chi connectivity index (χ2n) is 14.7. The highest BCUT2D eigenvalue weighted by molar-refractivity contribution is 7.22. The first-order valence-electron chi connectivity index (χ1n) is 17.5. The van der Waals surface area contributed by atoms with Crippen molar-refractivity contribution in [3.05, 3.63) is 112 Å². The van der Waals surface area contributed by atoms with Crippen LogP contribution < -0.4 is 4.90 Å². The molecule has 4 aliphatic rings. The number of imide groups is 2. The predicted molar refractivity (Wildman–Crippen MR) is 198 cm³/mol. The second-order valence-corrected chi connectivity index (χ2v) is 16.2. The zero-order chi connectivity index (χ0) is 36.2. The smallest absolute Gasteiger partial charge is 0.242 e. The third-order valence-corrected chi connectivity index (χ3v) is 13.5. The number of hydrogen-bond acceptors (Lipinski definition) is 7. The molecule has 262 valence electrons. The average Bonchev–Trinajstić information content (AvgIpc) is 3.79. The maximum Gasteiger partial charge on any atom is 0.242 e. The largest absolute Gasteiger partial charge is 0.508 e. The quantitative estimate of drug-likeness (QED) is 0.149. The Morgan fingerprint density at radius 3 is 2.50 bits per heavy atom. The van der Waals surface area contributed by atoms with Gasteiger partial charge in [0.15, 0.2) is 0 Å². The van der Waals surface area contributed by atoms with E-state index >= 15 is 0 Å². The van der Waals surface area contributed by atoms with E-state index in [4.69, 9.17) is 16.7 Å². The van der Waals surface area contributed by atoms with E-state index in [2.05, 4.69) is 0 Å². The Morgan fingerprint density at radius 1 is 0.942 bits per heavy atom. The molecule has 0 radical (unpaired) electrons. The van der Waals surface area contributed by atoms with Crippen molar-refractivity contribution < 1.29 is 24.3 Å². The SMILES string of the molecule is Cc1c(-c2cc(N3C(=O)[C@@H]4C[C@@H]5C(=CC[C@@H]6C(=O)N(Cc7ccccc7)C(=O)[C@@H]65)[C@H](c5cccc(O)c5)[C@]4(C)C3=O)n(C)n2)sc2ccc(Cl)cc12. The molecule has 0 bridgehead atoms. The molecule has 6 atom stereocenters. The molecule has 1 N–H and O–H groups in total. The van der Waals surface area contributed by atoms with Gasteiger partial charge in [0.25, 0.3) is 0 Å². The number of amides is 4. The molecular weight excluding hydrogens is 696 g/mol. The minimum Gasteiger partial charge on any atom is -0.508 e. The van der Waals surface area contributed by atoms with Crippen LogP contribution in [0.1, 0.15) is 42.4 Å². The van der Waals surface area contributed by atoms with Gasteiger partial charge in [-0.1, -0.05) is 65.7 Å². The molecule has 11 heteroatoms. The lowest BCUT2D eigenvalue weighted by Gasteiger charge is -2.49. The molecule has 0 spiro atoms. The van der Waals surface area contributed by atoms with Crippen LogP contribution in [-0.2, 0) is 32.8 Å². The highest BCUT2D eigenvalue weighted by Crippen LogP contribution is 2.64. The number of thiophene rings is 1. The van der Waals surface area contributed by atoms with Gasteiger partial charge >= 0.3 is 0 Å². The number of benzene rings is 3. The number of halogens is 1. The summed E-state index contributed by atoms with van der Waals surface area (Å²) in [6.07, 6.45) is 2.64. The topological polar surface area (TPSA) is 113 Å². The average molecular weight is 731 g/mol.